The van der Waals surface area contributed by atoms with Crippen molar-refractivity contribution < 1.29 is 14.3 Å². The van der Waals surface area contributed by atoms with Crippen LogP contribution in [0, 0.1) is 0 Å². The van der Waals surface area contributed by atoms with Gasteiger partial charge in [-0.05, 0) is 31.2 Å². The maximum Gasteiger partial charge on any atom is 0.273 e. The van der Waals surface area contributed by atoms with Crippen LogP contribution in [0.25, 0.3) is 10.9 Å². The van der Waals surface area contributed by atoms with E-state index in [9.17, 15) is 4.79 Å². The molecule has 0 radical (unpaired) electrons. The Kier molecular flexibility index (Phi) is 4.93. The molecule has 3 rings (SSSR count). The van der Waals surface area contributed by atoms with Crippen LogP contribution in [0.5, 0.6) is 11.5 Å². The van der Waals surface area contributed by atoms with Gasteiger partial charge in [-0.2, -0.15) is 5.10 Å². The third kappa shape index (κ3) is 3.26. The van der Waals surface area contributed by atoms with Gasteiger partial charge in [0, 0.05) is 29.7 Å². The van der Waals surface area contributed by atoms with Crippen molar-refractivity contribution in [1.82, 2.24) is 9.99 Å². The van der Waals surface area contributed by atoms with Crippen LogP contribution in [0.2, 0.25) is 0 Å². The molecule has 0 aliphatic rings. The molecule has 0 bridgehead atoms. The number of methoxy groups -OCH3 is 2. The molecule has 0 unspecified atom stereocenters. The third-order valence-electron chi connectivity index (χ3n) is 4.27. The number of aromatic nitrogens is 1. The molecule has 0 spiro atoms. The first-order chi connectivity index (χ1) is 12.5. The molecule has 1 amide bonds. The zero-order valence-corrected chi connectivity index (χ0v) is 15.2. The molecule has 1 heterocycles. The van der Waals surface area contributed by atoms with Crippen molar-refractivity contribution >= 4 is 22.5 Å². The summed E-state index contributed by atoms with van der Waals surface area (Å²) in [4.78, 5) is 12.6. The summed E-state index contributed by atoms with van der Waals surface area (Å²) in [6.45, 7) is 1.82. The van der Waals surface area contributed by atoms with Gasteiger partial charge in [0.1, 0.15) is 0 Å². The maximum absolute atomic E-state index is 12.6. The summed E-state index contributed by atoms with van der Waals surface area (Å²) in [5.41, 5.74) is 5.72. The molecule has 0 aliphatic carbocycles. The SMILES string of the molecule is COc1ccc(C(C)=NNC(=O)c2cn(C)c3ccccc23)cc1OC. The van der Waals surface area contributed by atoms with Crippen molar-refractivity contribution in [3.8, 4) is 11.5 Å². The van der Waals surface area contributed by atoms with Gasteiger partial charge in [-0.1, -0.05) is 18.2 Å². The minimum atomic E-state index is -0.248. The van der Waals surface area contributed by atoms with Crippen LogP contribution in [0.15, 0.2) is 53.8 Å². The summed E-state index contributed by atoms with van der Waals surface area (Å²) in [6.07, 6.45) is 1.81. The summed E-state index contributed by atoms with van der Waals surface area (Å²) in [5.74, 6) is 1.00. The Balaban J connectivity index is 1.83. The van der Waals surface area contributed by atoms with Gasteiger partial charge < -0.3 is 14.0 Å². The van der Waals surface area contributed by atoms with Crippen LogP contribution >= 0.6 is 0 Å². The quantitative estimate of drug-likeness (QED) is 0.566. The van der Waals surface area contributed by atoms with Crippen molar-refractivity contribution in [2.75, 3.05) is 14.2 Å². The number of para-hydroxylation sites is 1. The summed E-state index contributed by atoms with van der Waals surface area (Å²) in [5, 5.41) is 5.12. The number of hydrazone groups is 1. The number of hydrogen-bond donors (Lipinski definition) is 1. The topological polar surface area (TPSA) is 64.8 Å². The number of carbonyl (C=O) groups is 1. The maximum atomic E-state index is 12.6. The standard InChI is InChI=1S/C20H21N3O3/c1-13(14-9-10-18(25-3)19(11-14)26-4)21-22-20(24)16-12-23(2)17-8-6-5-7-15(16)17/h5-12H,1-4H3,(H,22,24). The van der Waals surface area contributed by atoms with Gasteiger partial charge in [0.2, 0.25) is 0 Å². The Morgan fingerprint density at radius 3 is 2.54 bits per heavy atom. The number of nitrogens with one attached hydrogen (secondary N) is 1. The molecule has 26 heavy (non-hydrogen) atoms. The van der Waals surface area contributed by atoms with Gasteiger partial charge in [0.05, 0.1) is 25.5 Å². The predicted octanol–water partition coefficient (Wildman–Crippen LogP) is 3.35. The van der Waals surface area contributed by atoms with E-state index in [1.165, 1.54) is 0 Å². The van der Waals surface area contributed by atoms with Gasteiger partial charge in [0.15, 0.2) is 11.5 Å². The number of nitrogens with zero attached hydrogens (tertiary/aromatic N) is 2. The zero-order chi connectivity index (χ0) is 18.7. The monoisotopic (exact) mass is 351 g/mol. The second-order valence-electron chi connectivity index (χ2n) is 5.88. The largest absolute Gasteiger partial charge is 0.493 e. The van der Waals surface area contributed by atoms with Crippen molar-refractivity contribution in [2.45, 2.75) is 6.92 Å². The Morgan fingerprint density at radius 1 is 1.08 bits per heavy atom. The van der Waals surface area contributed by atoms with Crippen LogP contribution in [-0.4, -0.2) is 30.4 Å². The summed E-state index contributed by atoms with van der Waals surface area (Å²) < 4.78 is 12.5. The predicted molar refractivity (Wildman–Crippen MR) is 102 cm³/mol. The van der Waals surface area contributed by atoms with Gasteiger partial charge in [-0.3, -0.25) is 4.79 Å². The second kappa shape index (κ2) is 7.31. The van der Waals surface area contributed by atoms with E-state index in [4.69, 9.17) is 9.47 Å². The normalized spacial score (nSPS) is 11.5. The van der Waals surface area contributed by atoms with Gasteiger partial charge >= 0.3 is 0 Å². The molecule has 1 aromatic heterocycles. The Bertz CT molecular complexity index is 989. The van der Waals surface area contributed by atoms with Gasteiger partial charge in [-0.15, -0.1) is 0 Å². The number of rotatable bonds is 5. The van der Waals surface area contributed by atoms with Crippen molar-refractivity contribution in [2.24, 2.45) is 12.1 Å². The van der Waals surface area contributed by atoms with E-state index in [1.807, 2.05) is 54.9 Å². The number of ether oxygens (including phenoxy) is 2. The van der Waals surface area contributed by atoms with Crippen molar-refractivity contribution in [3.63, 3.8) is 0 Å². The number of aryl methyl sites for hydroxylation is 1. The molecule has 0 aliphatic heterocycles. The fourth-order valence-corrected chi connectivity index (χ4v) is 2.84. The lowest BCUT2D eigenvalue weighted by atomic mass is 10.1. The van der Waals surface area contributed by atoms with E-state index in [1.54, 1.807) is 26.5 Å². The highest BCUT2D eigenvalue weighted by atomic mass is 16.5. The molecule has 0 saturated carbocycles. The van der Waals surface area contributed by atoms with Crippen LogP contribution in [-0.2, 0) is 7.05 Å². The zero-order valence-electron chi connectivity index (χ0n) is 15.2. The van der Waals surface area contributed by atoms with E-state index in [0.29, 0.717) is 22.8 Å². The highest BCUT2D eigenvalue weighted by Crippen LogP contribution is 2.27. The van der Waals surface area contributed by atoms with Crippen molar-refractivity contribution in [1.29, 1.82) is 0 Å². The molecular formula is C20H21N3O3. The first-order valence-electron chi connectivity index (χ1n) is 8.16. The van der Waals surface area contributed by atoms with Crippen LogP contribution in [0.3, 0.4) is 0 Å². The minimum absolute atomic E-state index is 0.248. The fraction of sp³-hybridized carbons (Fsp3) is 0.200. The number of fused-ring (bicyclic) bond motifs is 1. The molecule has 1 N–H and O–H groups in total. The molecular weight excluding hydrogens is 330 g/mol. The third-order valence-corrected chi connectivity index (χ3v) is 4.27. The Morgan fingerprint density at radius 2 is 1.81 bits per heavy atom. The molecule has 0 atom stereocenters. The molecule has 3 aromatic rings. The van der Waals surface area contributed by atoms with E-state index < -0.39 is 0 Å². The molecule has 6 nitrogen and oxygen atoms in total. The Labute approximate surface area is 152 Å². The highest BCUT2D eigenvalue weighted by Gasteiger charge is 2.13. The minimum Gasteiger partial charge on any atom is -0.493 e. The van der Waals surface area contributed by atoms with Crippen molar-refractivity contribution in [3.05, 3.63) is 59.8 Å². The number of hydrogen-bond acceptors (Lipinski definition) is 4. The van der Waals surface area contributed by atoms with Gasteiger partial charge in [-0.25, -0.2) is 5.43 Å². The van der Waals surface area contributed by atoms with E-state index in [0.717, 1.165) is 16.5 Å². The number of amides is 1. The fourth-order valence-electron chi connectivity index (χ4n) is 2.84. The van der Waals surface area contributed by atoms with E-state index in [2.05, 4.69) is 10.5 Å². The highest BCUT2D eigenvalue weighted by molar-refractivity contribution is 6.08. The molecule has 6 heteroatoms. The first kappa shape index (κ1) is 17.5. The summed E-state index contributed by atoms with van der Waals surface area (Å²) in [7, 11) is 5.08. The van der Waals surface area contributed by atoms with Gasteiger partial charge in [0.25, 0.3) is 5.91 Å². The molecule has 134 valence electrons. The second-order valence-corrected chi connectivity index (χ2v) is 5.88. The van der Waals surface area contributed by atoms with Crippen LogP contribution in [0.1, 0.15) is 22.8 Å². The molecule has 2 aromatic carbocycles. The lowest BCUT2D eigenvalue weighted by Crippen LogP contribution is -2.19. The van der Waals surface area contributed by atoms with E-state index in [-0.39, 0.29) is 5.91 Å². The molecule has 0 fully saturated rings. The number of benzene rings is 2. The lowest BCUT2D eigenvalue weighted by molar-refractivity contribution is 0.0956. The average Bonchev–Trinajstić information content (AvgIpc) is 3.02. The van der Waals surface area contributed by atoms with E-state index >= 15 is 0 Å². The lowest BCUT2D eigenvalue weighted by Gasteiger charge is -2.09. The Hall–Kier alpha value is -3.28. The van der Waals surface area contributed by atoms with Crippen LogP contribution in [0.4, 0.5) is 0 Å². The summed E-state index contributed by atoms with van der Waals surface area (Å²) >= 11 is 0. The molecule has 0 saturated heterocycles. The summed E-state index contributed by atoms with van der Waals surface area (Å²) in [6, 6.07) is 13.3. The smallest absolute Gasteiger partial charge is 0.273 e. The number of carbonyl (C=O) groups excluding carboxylic acids is 1. The average molecular weight is 351 g/mol. The van der Waals surface area contributed by atoms with Crippen LogP contribution < -0.4 is 14.9 Å². The first-order valence-corrected chi connectivity index (χ1v) is 8.16.